The Morgan fingerprint density at radius 2 is 1.56 bits per heavy atom. The van der Waals surface area contributed by atoms with Crippen LogP contribution in [-0.4, -0.2) is 38.2 Å². The van der Waals surface area contributed by atoms with Gasteiger partial charge in [-0.15, -0.1) is 0 Å². The van der Waals surface area contributed by atoms with Crippen LogP contribution in [0.5, 0.6) is 0 Å². The number of hydrogen-bond donors (Lipinski definition) is 1. The molecule has 1 aliphatic rings. The largest absolute Gasteiger partial charge is 0.459 e. The summed E-state index contributed by atoms with van der Waals surface area (Å²) >= 11 is 0. The third-order valence-electron chi connectivity index (χ3n) is 5.22. The molecule has 0 saturated carbocycles. The molecule has 4 nitrogen and oxygen atoms in total. The van der Waals surface area contributed by atoms with Gasteiger partial charge in [-0.3, -0.25) is 4.79 Å². The molecule has 0 spiro atoms. The van der Waals surface area contributed by atoms with Gasteiger partial charge in [0, 0.05) is 13.0 Å². The molecule has 144 valence electrons. The average molecular weight is 385 g/mol. The van der Waals surface area contributed by atoms with Gasteiger partial charge in [0.05, 0.1) is 12.5 Å². The summed E-state index contributed by atoms with van der Waals surface area (Å²) in [5.41, 5.74) is 0. The van der Waals surface area contributed by atoms with Crippen LogP contribution in [0.1, 0.15) is 33.6 Å². The summed E-state index contributed by atoms with van der Waals surface area (Å²) in [7, 11) is -2.73. The van der Waals surface area contributed by atoms with Crippen LogP contribution < -0.4 is 10.4 Å². The second-order valence-electron chi connectivity index (χ2n) is 8.06. The Balaban J connectivity index is 2.14. The molecule has 3 rings (SSSR count). The zero-order valence-corrected chi connectivity index (χ0v) is 17.2. The van der Waals surface area contributed by atoms with Crippen LogP contribution in [0.3, 0.4) is 0 Å². The van der Waals surface area contributed by atoms with Gasteiger partial charge in [-0.2, -0.15) is 0 Å². The number of carbonyl (C=O) groups is 1. The first-order valence-electron chi connectivity index (χ1n) is 9.47. The fourth-order valence-corrected chi connectivity index (χ4v) is 8.70. The smallest absolute Gasteiger partial charge is 0.308 e. The molecule has 1 aliphatic heterocycles. The Bertz CT molecular complexity index is 715. The molecule has 27 heavy (non-hydrogen) atoms. The number of rotatable bonds is 6. The van der Waals surface area contributed by atoms with Gasteiger partial charge in [0.2, 0.25) is 0 Å². The summed E-state index contributed by atoms with van der Waals surface area (Å²) in [6.45, 7) is 6.59. The molecule has 0 unspecified atom stereocenters. The van der Waals surface area contributed by atoms with Crippen LogP contribution in [0.4, 0.5) is 0 Å². The molecule has 2 aromatic rings. The zero-order valence-electron chi connectivity index (χ0n) is 16.2. The second kappa shape index (κ2) is 7.96. The van der Waals surface area contributed by atoms with Crippen molar-refractivity contribution in [3.05, 3.63) is 60.7 Å². The first-order valence-corrected chi connectivity index (χ1v) is 11.4. The fraction of sp³-hybridized carbons (Fsp3) is 0.409. The zero-order chi connectivity index (χ0) is 19.5. The summed E-state index contributed by atoms with van der Waals surface area (Å²) < 4.78 is 12.4. The highest BCUT2D eigenvalue weighted by Gasteiger charge is 2.53. The maximum Gasteiger partial charge on any atom is 0.308 e. The average Bonchev–Trinajstić information content (AvgIpc) is 2.99. The lowest BCUT2D eigenvalue weighted by atomic mass is 10.1. The van der Waals surface area contributed by atoms with E-state index < -0.39 is 14.4 Å². The molecular formula is C22H28O4Si. The highest BCUT2D eigenvalue weighted by molar-refractivity contribution is 6.99. The van der Waals surface area contributed by atoms with Crippen molar-refractivity contribution in [2.24, 2.45) is 0 Å². The van der Waals surface area contributed by atoms with Gasteiger partial charge in [-0.25, -0.2) is 0 Å². The molecule has 0 radical (unpaired) electrons. The van der Waals surface area contributed by atoms with E-state index in [4.69, 9.17) is 9.16 Å². The minimum absolute atomic E-state index is 0.0292. The lowest BCUT2D eigenvalue weighted by molar-refractivity contribution is -0.142. The number of ether oxygens (including phenoxy) is 1. The van der Waals surface area contributed by atoms with Crippen molar-refractivity contribution < 1.29 is 19.1 Å². The second-order valence-corrected chi connectivity index (χ2v) is 12.3. The highest BCUT2D eigenvalue weighted by atomic mass is 28.4. The molecule has 2 aromatic carbocycles. The number of aliphatic hydroxyl groups excluding tert-OH is 1. The van der Waals surface area contributed by atoms with Crippen molar-refractivity contribution in [2.75, 3.05) is 6.61 Å². The van der Waals surface area contributed by atoms with E-state index in [9.17, 15) is 9.90 Å². The fourth-order valence-electron chi connectivity index (χ4n) is 4.00. The third-order valence-corrected chi connectivity index (χ3v) is 10.3. The predicted molar refractivity (Wildman–Crippen MR) is 109 cm³/mol. The molecule has 0 aliphatic carbocycles. The number of aliphatic hydroxyl groups is 1. The van der Waals surface area contributed by atoms with Gasteiger partial charge < -0.3 is 14.3 Å². The summed E-state index contributed by atoms with van der Waals surface area (Å²) in [5.74, 6) is -0.253. The van der Waals surface area contributed by atoms with Gasteiger partial charge in [-0.1, -0.05) is 81.4 Å². The van der Waals surface area contributed by atoms with E-state index in [2.05, 4.69) is 45.0 Å². The van der Waals surface area contributed by atoms with Gasteiger partial charge in [-0.05, 0) is 15.4 Å². The highest BCUT2D eigenvalue weighted by Crippen LogP contribution is 2.39. The summed E-state index contributed by atoms with van der Waals surface area (Å²) in [6.07, 6.45) is -0.121. The molecule has 1 saturated heterocycles. The monoisotopic (exact) mass is 384 g/mol. The molecular weight excluding hydrogens is 356 g/mol. The van der Waals surface area contributed by atoms with E-state index in [-0.39, 0.29) is 30.1 Å². The maximum absolute atomic E-state index is 12.0. The number of carbonyl (C=O) groups excluding carboxylic acids is 1. The Morgan fingerprint density at radius 1 is 1.04 bits per heavy atom. The minimum Gasteiger partial charge on any atom is -0.459 e. The minimum atomic E-state index is -2.73. The molecule has 0 amide bonds. The van der Waals surface area contributed by atoms with Crippen LogP contribution in [-0.2, 0) is 14.0 Å². The molecule has 5 heteroatoms. The van der Waals surface area contributed by atoms with Crippen LogP contribution >= 0.6 is 0 Å². The number of esters is 1. The van der Waals surface area contributed by atoms with Gasteiger partial charge in [0.1, 0.15) is 6.10 Å². The van der Waals surface area contributed by atoms with E-state index in [1.165, 1.54) is 10.4 Å². The van der Waals surface area contributed by atoms with Crippen molar-refractivity contribution in [1.29, 1.82) is 0 Å². The summed E-state index contributed by atoms with van der Waals surface area (Å²) in [4.78, 5) is 12.0. The van der Waals surface area contributed by atoms with Crippen molar-refractivity contribution in [2.45, 2.75) is 50.9 Å². The third kappa shape index (κ3) is 3.86. The normalized spacial score (nSPS) is 20.5. The molecule has 0 aromatic heterocycles. The van der Waals surface area contributed by atoms with Crippen molar-refractivity contribution in [3.8, 4) is 0 Å². The van der Waals surface area contributed by atoms with E-state index >= 15 is 0 Å². The van der Waals surface area contributed by atoms with Crippen LogP contribution in [0.15, 0.2) is 60.7 Å². The lowest BCUT2D eigenvalue weighted by Crippen LogP contribution is -2.68. The first-order chi connectivity index (χ1) is 12.9. The number of benzene rings is 2. The van der Waals surface area contributed by atoms with Crippen molar-refractivity contribution in [1.82, 2.24) is 0 Å². The molecule has 0 bridgehead atoms. The van der Waals surface area contributed by atoms with Crippen LogP contribution in [0, 0.1) is 0 Å². The Kier molecular flexibility index (Phi) is 5.84. The molecule has 1 N–H and O–H groups in total. The summed E-state index contributed by atoms with van der Waals surface area (Å²) in [6, 6.07) is 20.7. The SMILES string of the molecule is CC(C)(C)[Si](O[C@@H]1CC(=O)O[C@@H]1CCO)(c1ccccc1)c1ccccc1. The maximum atomic E-state index is 12.0. The molecule has 2 atom stereocenters. The Labute approximate surface area is 162 Å². The van der Waals surface area contributed by atoms with Gasteiger partial charge in [0.15, 0.2) is 0 Å². The standard InChI is InChI=1S/C22H28O4Si/c1-22(2,3)27(17-10-6-4-7-11-17,18-12-8-5-9-13-18)26-20-16-21(24)25-19(20)14-15-23/h4-13,19-20,23H,14-16H2,1-3H3/t19-,20-/m1/s1. The molecule has 1 fully saturated rings. The van der Waals surface area contributed by atoms with E-state index in [0.717, 1.165) is 0 Å². The number of hydrogen-bond acceptors (Lipinski definition) is 4. The van der Waals surface area contributed by atoms with Crippen molar-refractivity contribution in [3.63, 3.8) is 0 Å². The Hall–Kier alpha value is -1.95. The molecule has 1 heterocycles. The van der Waals surface area contributed by atoms with E-state index in [1.54, 1.807) is 0 Å². The Morgan fingerprint density at radius 3 is 2.00 bits per heavy atom. The van der Waals surface area contributed by atoms with Crippen LogP contribution in [0.25, 0.3) is 0 Å². The van der Waals surface area contributed by atoms with E-state index in [0.29, 0.717) is 6.42 Å². The topological polar surface area (TPSA) is 55.8 Å². The summed E-state index contributed by atoms with van der Waals surface area (Å²) in [5, 5.41) is 11.6. The van der Waals surface area contributed by atoms with Crippen molar-refractivity contribution >= 4 is 24.7 Å². The van der Waals surface area contributed by atoms with Gasteiger partial charge >= 0.3 is 5.97 Å². The lowest BCUT2D eigenvalue weighted by Gasteiger charge is -2.45. The van der Waals surface area contributed by atoms with E-state index in [1.807, 2.05) is 36.4 Å². The quantitative estimate of drug-likeness (QED) is 0.614. The predicted octanol–water partition coefficient (Wildman–Crippen LogP) is 2.63. The number of cyclic esters (lactones) is 1. The van der Waals surface area contributed by atoms with Gasteiger partial charge in [0.25, 0.3) is 8.32 Å². The van der Waals surface area contributed by atoms with Crippen LogP contribution in [0.2, 0.25) is 5.04 Å². The first kappa shape index (κ1) is 19.8.